The Morgan fingerprint density at radius 2 is 1.93 bits per heavy atom. The van der Waals surface area contributed by atoms with E-state index in [9.17, 15) is 9.59 Å². The minimum Gasteiger partial charge on any atom is -0.331 e. The van der Waals surface area contributed by atoms with Crippen LogP contribution in [0.2, 0.25) is 0 Å². The third-order valence-corrected chi connectivity index (χ3v) is 3.16. The smallest absolute Gasteiger partial charge is 0.230 e. The molecule has 3 heteroatoms. The minimum atomic E-state index is 0.0422. The molecule has 0 radical (unpaired) electrons. The lowest BCUT2D eigenvalue weighted by Gasteiger charge is -2.30. The van der Waals surface area contributed by atoms with Gasteiger partial charge in [-0.3, -0.25) is 9.59 Å². The maximum Gasteiger partial charge on any atom is 0.230 e. The minimum absolute atomic E-state index is 0.0422. The van der Waals surface area contributed by atoms with Crippen LogP contribution >= 0.6 is 0 Å². The van der Waals surface area contributed by atoms with Crippen LogP contribution in [0, 0.1) is 11.8 Å². The molecule has 0 bridgehead atoms. The van der Waals surface area contributed by atoms with Crippen LogP contribution in [0.15, 0.2) is 0 Å². The summed E-state index contributed by atoms with van der Waals surface area (Å²) >= 11 is 0. The third kappa shape index (κ3) is 1.68. The molecule has 1 unspecified atom stereocenters. The first-order valence-corrected chi connectivity index (χ1v) is 5.40. The summed E-state index contributed by atoms with van der Waals surface area (Å²) in [4.78, 5) is 24.5. The summed E-state index contributed by atoms with van der Waals surface area (Å²) in [5.74, 6) is 1.25. The molecule has 1 aliphatic heterocycles. The molecule has 0 spiro atoms. The van der Waals surface area contributed by atoms with Gasteiger partial charge in [0.05, 0.1) is 13.0 Å². The first-order valence-electron chi connectivity index (χ1n) is 5.40. The molecule has 2 rings (SSSR count). The van der Waals surface area contributed by atoms with E-state index in [1.165, 1.54) is 12.8 Å². The molecule has 14 heavy (non-hydrogen) atoms. The maximum atomic E-state index is 11.6. The average Bonchev–Trinajstić information content (AvgIpc) is 2.81. The SMILES string of the molecule is CC(C)C(C1CC1)N1CC(=O)CC1=O. The van der Waals surface area contributed by atoms with Gasteiger partial charge in [0.15, 0.2) is 5.78 Å². The van der Waals surface area contributed by atoms with Crippen molar-refractivity contribution in [1.29, 1.82) is 0 Å². The van der Waals surface area contributed by atoms with E-state index in [-0.39, 0.29) is 18.1 Å². The summed E-state index contributed by atoms with van der Waals surface area (Å²) in [6, 6.07) is 0.314. The Morgan fingerprint density at radius 3 is 2.29 bits per heavy atom. The predicted molar refractivity (Wildman–Crippen MR) is 52.7 cm³/mol. The number of carbonyl (C=O) groups is 2. The molecule has 1 heterocycles. The van der Waals surface area contributed by atoms with Crippen molar-refractivity contribution in [2.75, 3.05) is 6.54 Å². The number of rotatable bonds is 3. The van der Waals surface area contributed by atoms with Gasteiger partial charge in [0.25, 0.3) is 0 Å². The van der Waals surface area contributed by atoms with Gasteiger partial charge in [0, 0.05) is 6.04 Å². The van der Waals surface area contributed by atoms with Crippen molar-refractivity contribution in [2.45, 2.75) is 39.2 Å². The number of hydrogen-bond acceptors (Lipinski definition) is 2. The molecule has 2 fully saturated rings. The zero-order valence-corrected chi connectivity index (χ0v) is 8.82. The topological polar surface area (TPSA) is 37.4 Å². The van der Waals surface area contributed by atoms with Crippen molar-refractivity contribution in [3.05, 3.63) is 0 Å². The average molecular weight is 195 g/mol. The summed E-state index contributed by atoms with van der Waals surface area (Å²) < 4.78 is 0. The fourth-order valence-corrected chi connectivity index (χ4v) is 2.47. The Labute approximate surface area is 84.5 Å². The molecule has 0 aromatic rings. The normalized spacial score (nSPS) is 24.9. The molecular weight excluding hydrogens is 178 g/mol. The van der Waals surface area contributed by atoms with Gasteiger partial charge in [-0.1, -0.05) is 13.8 Å². The van der Waals surface area contributed by atoms with Gasteiger partial charge in [0.1, 0.15) is 0 Å². The van der Waals surface area contributed by atoms with Crippen molar-refractivity contribution in [2.24, 2.45) is 11.8 Å². The molecule has 0 aromatic carbocycles. The summed E-state index contributed by atoms with van der Waals surface area (Å²) in [7, 11) is 0. The number of Topliss-reactive ketones (excluding diaryl/α,β-unsaturated/α-hetero) is 1. The van der Waals surface area contributed by atoms with E-state index in [2.05, 4.69) is 13.8 Å². The van der Waals surface area contributed by atoms with E-state index in [0.29, 0.717) is 24.4 Å². The molecule has 1 saturated carbocycles. The summed E-state index contributed by atoms with van der Waals surface area (Å²) in [5.41, 5.74) is 0. The molecule has 0 aromatic heterocycles. The predicted octanol–water partition coefficient (Wildman–Crippen LogP) is 1.22. The lowest BCUT2D eigenvalue weighted by Crippen LogP contribution is -2.41. The third-order valence-electron chi connectivity index (χ3n) is 3.16. The quantitative estimate of drug-likeness (QED) is 0.635. The molecule has 0 N–H and O–H groups in total. The van der Waals surface area contributed by atoms with Gasteiger partial charge in [-0.15, -0.1) is 0 Å². The van der Waals surface area contributed by atoms with E-state index >= 15 is 0 Å². The van der Waals surface area contributed by atoms with E-state index in [0.717, 1.165) is 0 Å². The molecule has 1 atom stereocenters. The molecule has 78 valence electrons. The molecule has 1 aliphatic carbocycles. The van der Waals surface area contributed by atoms with Gasteiger partial charge in [-0.05, 0) is 24.7 Å². The van der Waals surface area contributed by atoms with Crippen molar-refractivity contribution in [3.8, 4) is 0 Å². The van der Waals surface area contributed by atoms with Gasteiger partial charge < -0.3 is 4.90 Å². The number of nitrogens with zero attached hydrogens (tertiary/aromatic N) is 1. The second-order valence-corrected chi connectivity index (χ2v) is 4.81. The van der Waals surface area contributed by atoms with Crippen LogP contribution in [0.3, 0.4) is 0 Å². The van der Waals surface area contributed by atoms with Gasteiger partial charge in [-0.2, -0.15) is 0 Å². The second-order valence-electron chi connectivity index (χ2n) is 4.81. The summed E-state index contributed by atoms with van der Waals surface area (Å²) in [5, 5.41) is 0. The number of likely N-dealkylation sites (tertiary alicyclic amines) is 1. The Kier molecular flexibility index (Phi) is 2.33. The van der Waals surface area contributed by atoms with Gasteiger partial charge in [0.2, 0.25) is 5.91 Å². The second kappa shape index (κ2) is 3.37. The highest BCUT2D eigenvalue weighted by Gasteiger charge is 2.42. The zero-order chi connectivity index (χ0) is 10.3. The van der Waals surface area contributed by atoms with Crippen LogP contribution in [0.25, 0.3) is 0 Å². The first-order chi connectivity index (χ1) is 6.59. The lowest BCUT2D eigenvalue weighted by atomic mass is 9.98. The largest absolute Gasteiger partial charge is 0.331 e. The fraction of sp³-hybridized carbons (Fsp3) is 0.818. The van der Waals surface area contributed by atoms with Gasteiger partial charge >= 0.3 is 0 Å². The summed E-state index contributed by atoms with van der Waals surface area (Å²) in [6.07, 6.45) is 2.58. The maximum absolute atomic E-state index is 11.6. The highest BCUT2D eigenvalue weighted by atomic mass is 16.2. The van der Waals surface area contributed by atoms with Crippen LogP contribution < -0.4 is 0 Å². The van der Waals surface area contributed by atoms with Crippen molar-refractivity contribution < 1.29 is 9.59 Å². The van der Waals surface area contributed by atoms with Crippen LogP contribution in [0.4, 0.5) is 0 Å². The fourth-order valence-electron chi connectivity index (χ4n) is 2.47. The van der Waals surface area contributed by atoms with Crippen LogP contribution in [0.5, 0.6) is 0 Å². The van der Waals surface area contributed by atoms with Crippen molar-refractivity contribution in [1.82, 2.24) is 4.90 Å². The molecule has 3 nitrogen and oxygen atoms in total. The number of ketones is 1. The Morgan fingerprint density at radius 1 is 1.29 bits per heavy atom. The van der Waals surface area contributed by atoms with Crippen LogP contribution in [-0.2, 0) is 9.59 Å². The Bertz CT molecular complexity index is 266. The lowest BCUT2D eigenvalue weighted by molar-refractivity contribution is -0.131. The Balaban J connectivity index is 2.10. The first kappa shape index (κ1) is 9.69. The Hall–Kier alpha value is -0.860. The zero-order valence-electron chi connectivity index (χ0n) is 8.82. The highest BCUT2D eigenvalue weighted by molar-refractivity contribution is 6.05. The van der Waals surface area contributed by atoms with Crippen molar-refractivity contribution in [3.63, 3.8) is 0 Å². The van der Waals surface area contributed by atoms with Crippen molar-refractivity contribution >= 4 is 11.7 Å². The monoisotopic (exact) mass is 195 g/mol. The van der Waals surface area contributed by atoms with Crippen LogP contribution in [0.1, 0.15) is 33.1 Å². The van der Waals surface area contributed by atoms with E-state index < -0.39 is 0 Å². The number of amides is 1. The summed E-state index contributed by atoms with van der Waals surface area (Å²) in [6.45, 7) is 4.64. The van der Waals surface area contributed by atoms with E-state index in [1.807, 2.05) is 4.90 Å². The van der Waals surface area contributed by atoms with E-state index in [4.69, 9.17) is 0 Å². The van der Waals surface area contributed by atoms with E-state index in [1.54, 1.807) is 0 Å². The molecular formula is C11H17NO2. The van der Waals surface area contributed by atoms with Crippen LogP contribution in [-0.4, -0.2) is 29.2 Å². The highest BCUT2D eigenvalue weighted by Crippen LogP contribution is 2.39. The molecule has 1 amide bonds. The number of carbonyl (C=O) groups excluding carboxylic acids is 2. The molecule has 1 saturated heterocycles. The standard InChI is InChI=1S/C11H17NO2/c1-7(2)11(8-3-4-8)12-6-9(13)5-10(12)14/h7-8,11H,3-6H2,1-2H3. The van der Waals surface area contributed by atoms with Gasteiger partial charge in [-0.25, -0.2) is 0 Å². The molecule has 2 aliphatic rings. The number of hydrogen-bond donors (Lipinski definition) is 0.